The van der Waals surface area contributed by atoms with E-state index in [1.807, 2.05) is 0 Å². The molecule has 1 aromatic carbocycles. The Balaban J connectivity index is 2.56. The first kappa shape index (κ1) is 9.63. The van der Waals surface area contributed by atoms with Gasteiger partial charge in [0.25, 0.3) is 0 Å². The lowest BCUT2D eigenvalue weighted by Crippen LogP contribution is -2.17. The summed E-state index contributed by atoms with van der Waals surface area (Å²) < 4.78 is 39.6. The molecule has 1 aromatic heterocycles. The molecule has 2 N–H and O–H groups in total. The van der Waals surface area contributed by atoms with Crippen LogP contribution in [0.15, 0.2) is 18.5 Å². The lowest BCUT2D eigenvalue weighted by Gasteiger charge is -2.10. The van der Waals surface area contributed by atoms with Gasteiger partial charge in [-0.15, -0.1) is 13.2 Å². The van der Waals surface area contributed by atoms with Gasteiger partial charge in [-0.3, -0.25) is 0 Å². The summed E-state index contributed by atoms with van der Waals surface area (Å²) in [7, 11) is 0. The molecule has 2 aromatic rings. The summed E-state index contributed by atoms with van der Waals surface area (Å²) in [6, 6.07) is 2.50. The maximum atomic E-state index is 12.0. The normalized spacial score (nSPS) is 11.9. The summed E-state index contributed by atoms with van der Waals surface area (Å²) in [4.78, 5) is 6.23. The van der Waals surface area contributed by atoms with Crippen molar-refractivity contribution in [2.45, 2.75) is 6.36 Å². The maximum absolute atomic E-state index is 12.0. The third-order valence-electron chi connectivity index (χ3n) is 1.74. The van der Waals surface area contributed by atoms with E-state index in [2.05, 4.69) is 14.7 Å². The van der Waals surface area contributed by atoms with Crippen molar-refractivity contribution in [1.82, 2.24) is 9.97 Å². The van der Waals surface area contributed by atoms with Gasteiger partial charge in [0.2, 0.25) is 0 Å². The smallest absolute Gasteiger partial charge is 0.504 e. The van der Waals surface area contributed by atoms with Gasteiger partial charge in [-0.05, 0) is 12.1 Å². The van der Waals surface area contributed by atoms with E-state index in [1.165, 1.54) is 12.4 Å². The number of halogens is 3. The minimum atomic E-state index is -4.86. The molecule has 4 nitrogen and oxygen atoms in total. The number of aromatic hydroxyl groups is 1. The van der Waals surface area contributed by atoms with E-state index in [-0.39, 0.29) is 5.52 Å². The molecule has 15 heavy (non-hydrogen) atoms. The first-order valence-electron chi connectivity index (χ1n) is 3.88. The maximum Gasteiger partial charge on any atom is 0.573 e. The molecule has 0 atom stereocenters. The number of nitrogens with zero attached hydrogens (tertiary/aromatic N) is 1. The van der Waals surface area contributed by atoms with Gasteiger partial charge in [0.15, 0.2) is 11.5 Å². The van der Waals surface area contributed by atoms with Crippen molar-refractivity contribution in [1.29, 1.82) is 0 Å². The quantitative estimate of drug-likeness (QED) is 0.771. The highest BCUT2D eigenvalue weighted by atomic mass is 19.4. The number of H-pyrrole nitrogens is 1. The standard InChI is InChI=1S/C8H5F3N2O2/c9-8(10,11)15-7-5(14)2-1-4-6(7)13-3-12-4/h1-3,14H,(H,12,13). The second kappa shape index (κ2) is 3.04. The van der Waals surface area contributed by atoms with Crippen LogP contribution in [-0.2, 0) is 0 Å². The molecular weight excluding hydrogens is 213 g/mol. The van der Waals surface area contributed by atoms with Gasteiger partial charge < -0.3 is 14.8 Å². The topological polar surface area (TPSA) is 58.1 Å². The number of fused-ring (bicyclic) bond motifs is 1. The minimum Gasteiger partial charge on any atom is -0.504 e. The number of phenols is 1. The highest BCUT2D eigenvalue weighted by Gasteiger charge is 2.33. The zero-order valence-electron chi connectivity index (χ0n) is 7.17. The van der Waals surface area contributed by atoms with Gasteiger partial charge in [0, 0.05) is 0 Å². The Morgan fingerprint density at radius 2 is 2.07 bits per heavy atom. The van der Waals surface area contributed by atoms with E-state index in [0.717, 1.165) is 6.07 Å². The van der Waals surface area contributed by atoms with Crippen LogP contribution in [0.1, 0.15) is 0 Å². The number of phenolic OH excluding ortho intramolecular Hbond substituents is 1. The first-order valence-corrected chi connectivity index (χ1v) is 3.88. The molecular formula is C8H5F3N2O2. The average Bonchev–Trinajstić information content (AvgIpc) is 2.56. The number of alkyl halides is 3. The number of rotatable bonds is 1. The Morgan fingerprint density at radius 1 is 1.33 bits per heavy atom. The Hall–Kier alpha value is -1.92. The fourth-order valence-electron chi connectivity index (χ4n) is 1.19. The Kier molecular flexibility index (Phi) is 1.95. The number of nitrogens with one attached hydrogen (secondary N) is 1. The van der Waals surface area contributed by atoms with Crippen LogP contribution in [0.3, 0.4) is 0 Å². The summed E-state index contributed by atoms with van der Waals surface area (Å²) in [5.74, 6) is -1.30. The number of hydrogen-bond donors (Lipinski definition) is 2. The Bertz CT molecular complexity index is 492. The van der Waals surface area contributed by atoms with Crippen LogP contribution in [0.25, 0.3) is 11.0 Å². The molecule has 0 unspecified atom stereocenters. The van der Waals surface area contributed by atoms with Crippen molar-refractivity contribution >= 4 is 11.0 Å². The van der Waals surface area contributed by atoms with Crippen LogP contribution < -0.4 is 4.74 Å². The van der Waals surface area contributed by atoms with Gasteiger partial charge in [-0.1, -0.05) is 0 Å². The largest absolute Gasteiger partial charge is 0.573 e. The molecule has 2 rings (SSSR count). The predicted octanol–water partition coefficient (Wildman–Crippen LogP) is 2.17. The van der Waals surface area contributed by atoms with Crippen LogP contribution >= 0.6 is 0 Å². The average molecular weight is 218 g/mol. The number of ether oxygens (including phenoxy) is 1. The number of benzene rings is 1. The molecule has 80 valence electrons. The number of imidazole rings is 1. The fourth-order valence-corrected chi connectivity index (χ4v) is 1.19. The van der Waals surface area contributed by atoms with E-state index in [4.69, 9.17) is 0 Å². The van der Waals surface area contributed by atoms with Gasteiger partial charge >= 0.3 is 6.36 Å². The second-order valence-corrected chi connectivity index (χ2v) is 2.76. The van der Waals surface area contributed by atoms with Crippen molar-refractivity contribution in [2.24, 2.45) is 0 Å². The van der Waals surface area contributed by atoms with E-state index in [9.17, 15) is 18.3 Å². The summed E-state index contributed by atoms with van der Waals surface area (Å²) >= 11 is 0. The first-order chi connectivity index (χ1) is 6.97. The molecule has 0 aliphatic carbocycles. The van der Waals surface area contributed by atoms with Crippen LogP contribution in [0, 0.1) is 0 Å². The van der Waals surface area contributed by atoms with Crippen LogP contribution in [0.5, 0.6) is 11.5 Å². The molecule has 0 spiro atoms. The Labute approximate surface area is 81.3 Å². The van der Waals surface area contributed by atoms with Crippen LogP contribution in [0.4, 0.5) is 13.2 Å². The second-order valence-electron chi connectivity index (χ2n) is 2.76. The lowest BCUT2D eigenvalue weighted by molar-refractivity contribution is -0.274. The molecule has 0 aliphatic heterocycles. The highest BCUT2D eigenvalue weighted by molar-refractivity contribution is 5.84. The zero-order chi connectivity index (χ0) is 11.1. The molecule has 0 fully saturated rings. The molecule has 0 aliphatic rings. The van der Waals surface area contributed by atoms with E-state index >= 15 is 0 Å². The van der Waals surface area contributed by atoms with Crippen molar-refractivity contribution in [3.05, 3.63) is 18.5 Å². The Morgan fingerprint density at radius 3 is 2.73 bits per heavy atom. The summed E-state index contributed by atoms with van der Waals surface area (Å²) in [6.07, 6.45) is -3.64. The van der Waals surface area contributed by atoms with E-state index in [1.54, 1.807) is 0 Å². The van der Waals surface area contributed by atoms with E-state index in [0.29, 0.717) is 5.52 Å². The summed E-state index contributed by atoms with van der Waals surface area (Å²) in [5, 5.41) is 9.21. The van der Waals surface area contributed by atoms with E-state index < -0.39 is 17.9 Å². The van der Waals surface area contributed by atoms with Crippen molar-refractivity contribution < 1.29 is 23.0 Å². The van der Waals surface area contributed by atoms with Crippen LogP contribution in [0.2, 0.25) is 0 Å². The van der Waals surface area contributed by atoms with Crippen LogP contribution in [-0.4, -0.2) is 21.4 Å². The molecule has 1 heterocycles. The fraction of sp³-hybridized carbons (Fsp3) is 0.125. The highest BCUT2D eigenvalue weighted by Crippen LogP contribution is 2.36. The molecule has 7 heteroatoms. The number of aromatic amines is 1. The van der Waals surface area contributed by atoms with Gasteiger partial charge in [-0.2, -0.15) is 0 Å². The minimum absolute atomic E-state index is 0.0627. The zero-order valence-corrected chi connectivity index (χ0v) is 7.17. The van der Waals surface area contributed by atoms with Crippen molar-refractivity contribution in [3.8, 4) is 11.5 Å². The van der Waals surface area contributed by atoms with Crippen molar-refractivity contribution in [2.75, 3.05) is 0 Å². The summed E-state index contributed by atoms with van der Waals surface area (Å²) in [5.41, 5.74) is 0.291. The third-order valence-corrected chi connectivity index (χ3v) is 1.74. The molecule has 0 radical (unpaired) electrons. The third kappa shape index (κ3) is 1.80. The SMILES string of the molecule is Oc1ccc2[nH]cnc2c1OC(F)(F)F. The summed E-state index contributed by atoms with van der Waals surface area (Å²) in [6.45, 7) is 0. The lowest BCUT2D eigenvalue weighted by atomic mass is 10.3. The van der Waals surface area contributed by atoms with Crippen molar-refractivity contribution in [3.63, 3.8) is 0 Å². The monoisotopic (exact) mass is 218 g/mol. The molecule has 0 saturated carbocycles. The molecule has 0 saturated heterocycles. The number of hydrogen-bond acceptors (Lipinski definition) is 3. The predicted molar refractivity (Wildman–Crippen MR) is 44.4 cm³/mol. The molecule has 0 amide bonds. The molecule has 0 bridgehead atoms. The van der Waals surface area contributed by atoms with Gasteiger partial charge in [0.05, 0.1) is 11.8 Å². The van der Waals surface area contributed by atoms with Gasteiger partial charge in [-0.25, -0.2) is 4.98 Å². The number of aromatic nitrogens is 2. The van der Waals surface area contributed by atoms with Gasteiger partial charge in [0.1, 0.15) is 5.52 Å².